The quantitative estimate of drug-likeness (QED) is 0.723. The Morgan fingerprint density at radius 1 is 1.48 bits per heavy atom. The number of hydrogen-bond acceptors (Lipinski definition) is 3. The van der Waals surface area contributed by atoms with Crippen LogP contribution in [-0.2, 0) is 20.7 Å². The van der Waals surface area contributed by atoms with E-state index in [1.54, 1.807) is 7.48 Å². The third kappa shape index (κ3) is 5.13. The SMILES string of the molecule is [2H]C(C)(C)C(C)(C)O[B]c1cccc(COC2CCOC2)c1. The lowest BCUT2D eigenvalue weighted by molar-refractivity contribution is 0.0318. The van der Waals surface area contributed by atoms with E-state index in [1.165, 1.54) is 0 Å². The highest BCUT2D eigenvalue weighted by Crippen LogP contribution is 2.19. The zero-order valence-corrected chi connectivity index (χ0v) is 13.5. The van der Waals surface area contributed by atoms with Crippen molar-refractivity contribution in [2.75, 3.05) is 13.2 Å². The van der Waals surface area contributed by atoms with Crippen LogP contribution in [0.15, 0.2) is 24.3 Å². The van der Waals surface area contributed by atoms with Gasteiger partial charge < -0.3 is 14.1 Å². The molecule has 2 rings (SSSR count). The Hall–Kier alpha value is -0.835. The highest BCUT2D eigenvalue weighted by Gasteiger charge is 2.23. The first-order valence-electron chi connectivity index (χ1n) is 8.07. The molecule has 0 spiro atoms. The summed E-state index contributed by atoms with van der Waals surface area (Å²) >= 11 is 0. The molecule has 0 aliphatic carbocycles. The molecule has 1 unspecified atom stereocenters. The van der Waals surface area contributed by atoms with E-state index in [0.717, 1.165) is 24.1 Å². The third-order valence-corrected chi connectivity index (χ3v) is 4.02. The Bertz CT molecular complexity index is 479. The van der Waals surface area contributed by atoms with Gasteiger partial charge in [-0.3, -0.25) is 0 Å². The van der Waals surface area contributed by atoms with Crippen LogP contribution in [0, 0.1) is 5.89 Å². The van der Waals surface area contributed by atoms with E-state index in [-0.39, 0.29) is 6.10 Å². The van der Waals surface area contributed by atoms with E-state index in [1.807, 2.05) is 45.9 Å². The van der Waals surface area contributed by atoms with Gasteiger partial charge in [0.2, 0.25) is 0 Å². The molecule has 0 bridgehead atoms. The van der Waals surface area contributed by atoms with Crippen molar-refractivity contribution >= 4 is 12.9 Å². The molecule has 1 aromatic rings. The zero-order valence-electron chi connectivity index (χ0n) is 14.5. The summed E-state index contributed by atoms with van der Waals surface area (Å²) in [6, 6.07) is 8.10. The van der Waals surface area contributed by atoms with Gasteiger partial charge in [-0.2, -0.15) is 0 Å². The van der Waals surface area contributed by atoms with Gasteiger partial charge in [0.15, 0.2) is 0 Å². The standard InChI is InChI=1S/C17H26BO3/c1-13(2)17(3,4)21-18-15-7-5-6-14(10-15)11-20-16-8-9-19-12-16/h5-7,10,13,16H,8-9,11-12H2,1-4H3/i13D. The van der Waals surface area contributed by atoms with E-state index in [9.17, 15) is 0 Å². The highest BCUT2D eigenvalue weighted by molar-refractivity contribution is 6.47. The Labute approximate surface area is 130 Å². The lowest BCUT2D eigenvalue weighted by atomic mass is 9.83. The van der Waals surface area contributed by atoms with Gasteiger partial charge in [0.05, 0.1) is 19.3 Å². The van der Waals surface area contributed by atoms with Crippen LogP contribution in [0.1, 0.15) is 41.0 Å². The van der Waals surface area contributed by atoms with Crippen molar-refractivity contribution in [1.82, 2.24) is 0 Å². The monoisotopic (exact) mass is 290 g/mol. The Morgan fingerprint density at radius 3 is 2.95 bits per heavy atom. The molecular weight excluding hydrogens is 263 g/mol. The van der Waals surface area contributed by atoms with Gasteiger partial charge in [-0.15, -0.1) is 0 Å². The largest absolute Gasteiger partial charge is 0.429 e. The second-order valence-electron chi connectivity index (χ2n) is 6.29. The molecule has 1 radical (unpaired) electrons. The predicted molar refractivity (Wildman–Crippen MR) is 85.8 cm³/mol. The van der Waals surface area contributed by atoms with Crippen molar-refractivity contribution in [3.8, 4) is 0 Å². The summed E-state index contributed by atoms with van der Waals surface area (Å²) in [7, 11) is 1.73. The van der Waals surface area contributed by atoms with Gasteiger partial charge in [-0.05, 0) is 31.7 Å². The van der Waals surface area contributed by atoms with Crippen molar-refractivity contribution in [2.45, 2.75) is 52.4 Å². The molecule has 0 saturated carbocycles. The molecule has 1 saturated heterocycles. The average Bonchev–Trinajstić information content (AvgIpc) is 2.96. The van der Waals surface area contributed by atoms with Gasteiger partial charge in [0.1, 0.15) is 0 Å². The summed E-state index contributed by atoms with van der Waals surface area (Å²) in [5.74, 6) is -0.674. The fourth-order valence-electron chi connectivity index (χ4n) is 1.95. The molecule has 1 heterocycles. The van der Waals surface area contributed by atoms with Crippen molar-refractivity contribution in [2.24, 2.45) is 5.89 Å². The van der Waals surface area contributed by atoms with E-state index < -0.39 is 11.5 Å². The number of ether oxygens (including phenoxy) is 2. The summed E-state index contributed by atoms with van der Waals surface area (Å²) in [4.78, 5) is 0. The average molecular weight is 290 g/mol. The van der Waals surface area contributed by atoms with Crippen molar-refractivity contribution < 1.29 is 15.5 Å². The maximum Gasteiger partial charge on any atom is 0.330 e. The lowest BCUT2D eigenvalue weighted by Gasteiger charge is -2.30. The van der Waals surface area contributed by atoms with E-state index in [2.05, 4.69) is 6.07 Å². The number of hydrogen-bond donors (Lipinski definition) is 0. The molecule has 1 atom stereocenters. The molecule has 0 aromatic heterocycles. The topological polar surface area (TPSA) is 27.7 Å². The molecule has 1 aliphatic rings. The first kappa shape index (κ1) is 15.1. The summed E-state index contributed by atoms with van der Waals surface area (Å²) < 4.78 is 25.1. The maximum atomic E-state index is 8.13. The van der Waals surface area contributed by atoms with Crippen LogP contribution in [0.4, 0.5) is 0 Å². The number of benzene rings is 1. The van der Waals surface area contributed by atoms with Gasteiger partial charge >= 0.3 is 7.48 Å². The minimum atomic E-state index is -0.674. The summed E-state index contributed by atoms with van der Waals surface area (Å²) in [6.07, 6.45) is 1.19. The van der Waals surface area contributed by atoms with Crippen molar-refractivity contribution in [3.63, 3.8) is 0 Å². The van der Waals surface area contributed by atoms with Crippen molar-refractivity contribution in [3.05, 3.63) is 29.8 Å². The number of rotatable bonds is 7. The molecule has 1 aromatic carbocycles. The van der Waals surface area contributed by atoms with Crippen LogP contribution in [-0.4, -0.2) is 32.4 Å². The fourth-order valence-corrected chi connectivity index (χ4v) is 1.95. The van der Waals surface area contributed by atoms with Crippen LogP contribution < -0.4 is 5.46 Å². The molecule has 21 heavy (non-hydrogen) atoms. The minimum Gasteiger partial charge on any atom is -0.429 e. The minimum absolute atomic E-state index is 0.215. The molecule has 1 fully saturated rings. The van der Waals surface area contributed by atoms with Gasteiger partial charge in [0, 0.05) is 13.6 Å². The first-order valence-corrected chi connectivity index (χ1v) is 7.57. The molecule has 0 amide bonds. The second-order valence-corrected chi connectivity index (χ2v) is 6.29. The third-order valence-electron chi connectivity index (χ3n) is 4.02. The van der Waals surface area contributed by atoms with E-state index in [0.29, 0.717) is 13.2 Å². The molecule has 115 valence electrons. The van der Waals surface area contributed by atoms with Crippen LogP contribution in [0.5, 0.6) is 0 Å². The molecule has 1 aliphatic heterocycles. The van der Waals surface area contributed by atoms with E-state index in [4.69, 9.17) is 15.5 Å². The smallest absolute Gasteiger partial charge is 0.330 e. The van der Waals surface area contributed by atoms with Gasteiger partial charge in [-0.1, -0.05) is 43.6 Å². The highest BCUT2D eigenvalue weighted by atomic mass is 16.5. The molecule has 4 heteroatoms. The van der Waals surface area contributed by atoms with Crippen LogP contribution in [0.2, 0.25) is 0 Å². The first-order chi connectivity index (χ1) is 10.3. The lowest BCUT2D eigenvalue weighted by Crippen LogP contribution is -2.36. The Kier molecular flexibility index (Phi) is 5.34. The molecule has 3 nitrogen and oxygen atoms in total. The fraction of sp³-hybridized carbons (Fsp3) is 0.647. The summed E-state index contributed by atoms with van der Waals surface area (Å²) in [6.45, 7) is 9.66. The summed E-state index contributed by atoms with van der Waals surface area (Å²) in [5, 5.41) is 0. The van der Waals surface area contributed by atoms with Crippen molar-refractivity contribution in [1.29, 1.82) is 0 Å². The normalized spacial score (nSPS) is 20.4. The second kappa shape index (κ2) is 7.43. The van der Waals surface area contributed by atoms with Gasteiger partial charge in [0.25, 0.3) is 0 Å². The molecule has 0 N–H and O–H groups in total. The van der Waals surface area contributed by atoms with Crippen LogP contribution >= 0.6 is 0 Å². The van der Waals surface area contributed by atoms with Gasteiger partial charge in [-0.25, -0.2) is 0 Å². The zero-order chi connectivity index (χ0) is 16.2. The predicted octanol–water partition coefficient (Wildman–Crippen LogP) is 2.69. The summed E-state index contributed by atoms with van der Waals surface area (Å²) in [5.41, 5.74) is 1.55. The Morgan fingerprint density at radius 2 is 2.29 bits per heavy atom. The molecular formula is C17H26BO3. The Balaban J connectivity index is 1.88. The maximum absolute atomic E-state index is 8.13. The van der Waals surface area contributed by atoms with Crippen LogP contribution in [0.25, 0.3) is 0 Å². The van der Waals surface area contributed by atoms with Crippen LogP contribution in [0.3, 0.4) is 0 Å². The van der Waals surface area contributed by atoms with E-state index >= 15 is 0 Å².